The van der Waals surface area contributed by atoms with Crippen LogP contribution >= 0.6 is 0 Å². The van der Waals surface area contributed by atoms with Crippen LogP contribution in [0.3, 0.4) is 0 Å². The van der Waals surface area contributed by atoms with Crippen LogP contribution in [0.4, 0.5) is 0 Å². The molecule has 0 saturated heterocycles. The molecule has 0 aliphatic carbocycles. The van der Waals surface area contributed by atoms with Gasteiger partial charge in [-0.05, 0) is 42.3 Å². The fourth-order valence-electron chi connectivity index (χ4n) is 3.35. The van der Waals surface area contributed by atoms with E-state index in [9.17, 15) is 9.90 Å². The van der Waals surface area contributed by atoms with Gasteiger partial charge in [0.05, 0.1) is 16.8 Å². The number of nitrogens with zero attached hydrogens (tertiary/aromatic N) is 1. The third kappa shape index (κ3) is 2.50. The van der Waals surface area contributed by atoms with Crippen LogP contribution < -0.4 is 0 Å². The van der Waals surface area contributed by atoms with Crippen molar-refractivity contribution in [1.29, 1.82) is 0 Å². The van der Waals surface area contributed by atoms with Crippen molar-refractivity contribution >= 4 is 11.3 Å². The van der Waals surface area contributed by atoms with Crippen molar-refractivity contribution in [2.24, 2.45) is 0 Å². The molecule has 2 aromatic heterocycles. The summed E-state index contributed by atoms with van der Waals surface area (Å²) in [4.78, 5) is 12.5. The predicted octanol–water partition coefficient (Wildman–Crippen LogP) is 5.18. The van der Waals surface area contributed by atoms with Gasteiger partial charge in [0.25, 0.3) is 0 Å². The van der Waals surface area contributed by atoms with E-state index in [1.54, 1.807) is 19.1 Å². The average molecular weight is 327 g/mol. The highest BCUT2D eigenvalue weighted by Gasteiger charge is 2.23. The van der Waals surface area contributed by atoms with Gasteiger partial charge in [-0.25, -0.2) is 0 Å². The number of carbonyl (C=O) groups excluding carboxylic acids is 1. The maximum absolute atomic E-state index is 12.5. The lowest BCUT2D eigenvalue weighted by Gasteiger charge is -2.08. The lowest BCUT2D eigenvalue weighted by Crippen LogP contribution is -1.94. The van der Waals surface area contributed by atoms with E-state index in [4.69, 9.17) is 0 Å². The Kier molecular flexibility index (Phi) is 3.62. The Hall–Kier alpha value is -3.33. The second kappa shape index (κ2) is 5.95. The molecule has 0 aliphatic rings. The van der Waals surface area contributed by atoms with Crippen LogP contribution in [-0.4, -0.2) is 15.3 Å². The van der Waals surface area contributed by atoms with Gasteiger partial charge in [-0.3, -0.25) is 4.79 Å². The Morgan fingerprint density at radius 3 is 2.20 bits per heavy atom. The number of carbonyl (C=O) groups is 1. The van der Waals surface area contributed by atoms with Gasteiger partial charge in [0, 0.05) is 11.8 Å². The third-order valence-electron chi connectivity index (χ3n) is 4.40. The molecule has 122 valence electrons. The maximum atomic E-state index is 12.5. The lowest BCUT2D eigenvalue weighted by molar-refractivity contribution is 0.102. The summed E-state index contributed by atoms with van der Waals surface area (Å²) in [5.74, 6) is 0.229. The molecule has 0 bridgehead atoms. The minimum absolute atomic E-state index is 0.0222. The first kappa shape index (κ1) is 15.2. The number of pyridine rings is 1. The molecule has 4 aromatic rings. The van der Waals surface area contributed by atoms with Crippen LogP contribution in [0, 0.1) is 0 Å². The van der Waals surface area contributed by atoms with Crippen molar-refractivity contribution < 1.29 is 9.90 Å². The molecule has 0 saturated carbocycles. The van der Waals surface area contributed by atoms with Gasteiger partial charge in [0.2, 0.25) is 0 Å². The fourth-order valence-corrected chi connectivity index (χ4v) is 3.35. The van der Waals surface area contributed by atoms with Crippen molar-refractivity contribution in [1.82, 2.24) is 4.40 Å². The lowest BCUT2D eigenvalue weighted by atomic mass is 9.95. The standard InChI is InChI=1S/C22H17NO2/c1-15(24)20-19-9-5-6-14-23(19)22(17-7-3-2-4-8-17)21(20)16-10-12-18(25)13-11-16/h2-14,25H,1H3. The quantitative estimate of drug-likeness (QED) is 0.527. The summed E-state index contributed by atoms with van der Waals surface area (Å²) in [6.07, 6.45) is 1.98. The Morgan fingerprint density at radius 2 is 1.52 bits per heavy atom. The second-order valence-electron chi connectivity index (χ2n) is 6.02. The molecule has 0 aliphatic heterocycles. The van der Waals surface area contributed by atoms with Crippen molar-refractivity contribution in [3.63, 3.8) is 0 Å². The predicted molar refractivity (Wildman–Crippen MR) is 99.9 cm³/mol. The number of ketones is 1. The van der Waals surface area contributed by atoms with Crippen LogP contribution in [0.25, 0.3) is 27.9 Å². The number of aromatic nitrogens is 1. The first-order valence-corrected chi connectivity index (χ1v) is 8.15. The van der Waals surface area contributed by atoms with E-state index in [1.807, 2.05) is 66.9 Å². The third-order valence-corrected chi connectivity index (χ3v) is 4.40. The van der Waals surface area contributed by atoms with Gasteiger partial charge in [0.1, 0.15) is 5.75 Å². The fraction of sp³-hybridized carbons (Fsp3) is 0.0455. The molecule has 3 nitrogen and oxygen atoms in total. The van der Waals surface area contributed by atoms with Crippen LogP contribution in [0.1, 0.15) is 17.3 Å². The molecule has 0 spiro atoms. The summed E-state index contributed by atoms with van der Waals surface area (Å²) in [5, 5.41) is 9.64. The van der Waals surface area contributed by atoms with Crippen LogP contribution in [0.15, 0.2) is 79.0 Å². The Labute approximate surface area is 145 Å². The molecule has 0 fully saturated rings. The van der Waals surface area contributed by atoms with Crippen LogP contribution in [0.5, 0.6) is 5.75 Å². The van der Waals surface area contributed by atoms with Gasteiger partial charge in [-0.15, -0.1) is 0 Å². The topological polar surface area (TPSA) is 41.7 Å². The molecule has 25 heavy (non-hydrogen) atoms. The summed E-state index contributed by atoms with van der Waals surface area (Å²) in [7, 11) is 0. The van der Waals surface area contributed by atoms with Crippen molar-refractivity contribution in [3.8, 4) is 28.1 Å². The van der Waals surface area contributed by atoms with E-state index in [0.29, 0.717) is 5.56 Å². The molecule has 1 N–H and O–H groups in total. The van der Waals surface area contributed by atoms with Crippen LogP contribution in [-0.2, 0) is 0 Å². The number of hydrogen-bond acceptors (Lipinski definition) is 2. The molecule has 0 radical (unpaired) electrons. The molecule has 3 heteroatoms. The number of phenolic OH excluding ortho intramolecular Hbond substituents is 1. The number of hydrogen-bond donors (Lipinski definition) is 1. The Morgan fingerprint density at radius 1 is 0.840 bits per heavy atom. The smallest absolute Gasteiger partial charge is 0.162 e. The van der Waals surface area contributed by atoms with E-state index in [-0.39, 0.29) is 11.5 Å². The number of benzene rings is 2. The van der Waals surface area contributed by atoms with Gasteiger partial charge in [-0.2, -0.15) is 0 Å². The van der Waals surface area contributed by atoms with Gasteiger partial charge >= 0.3 is 0 Å². The van der Waals surface area contributed by atoms with Crippen molar-refractivity contribution in [3.05, 3.63) is 84.6 Å². The molecular weight excluding hydrogens is 310 g/mol. The van der Waals surface area contributed by atoms with Gasteiger partial charge in [-0.1, -0.05) is 48.5 Å². The number of aromatic hydroxyl groups is 1. The van der Waals surface area contributed by atoms with Gasteiger partial charge < -0.3 is 9.51 Å². The summed E-state index contributed by atoms with van der Waals surface area (Å²) < 4.78 is 2.06. The summed E-state index contributed by atoms with van der Waals surface area (Å²) >= 11 is 0. The highest BCUT2D eigenvalue weighted by atomic mass is 16.3. The average Bonchev–Trinajstić information content (AvgIpc) is 2.98. The zero-order valence-electron chi connectivity index (χ0n) is 13.8. The van der Waals surface area contributed by atoms with E-state index >= 15 is 0 Å². The second-order valence-corrected chi connectivity index (χ2v) is 6.02. The molecular formula is C22H17NO2. The highest BCUT2D eigenvalue weighted by Crippen LogP contribution is 2.39. The number of Topliss-reactive ketones (excluding diaryl/α,β-unsaturated/α-hetero) is 1. The Bertz CT molecular complexity index is 1060. The van der Waals surface area contributed by atoms with Crippen LogP contribution in [0.2, 0.25) is 0 Å². The minimum atomic E-state index is 0.0222. The summed E-state index contributed by atoms with van der Waals surface area (Å²) in [6, 6.07) is 22.9. The van der Waals surface area contributed by atoms with E-state index < -0.39 is 0 Å². The highest BCUT2D eigenvalue weighted by molar-refractivity contribution is 6.11. The normalized spacial score (nSPS) is 10.9. The molecule has 0 amide bonds. The van der Waals surface area contributed by atoms with Crippen molar-refractivity contribution in [2.45, 2.75) is 6.92 Å². The summed E-state index contributed by atoms with van der Waals surface area (Å²) in [5.41, 5.74) is 5.41. The summed E-state index contributed by atoms with van der Waals surface area (Å²) in [6.45, 7) is 1.60. The molecule has 2 aromatic carbocycles. The molecule has 0 unspecified atom stereocenters. The van der Waals surface area contributed by atoms with E-state index in [1.165, 1.54) is 0 Å². The SMILES string of the molecule is CC(=O)c1c(-c2ccc(O)cc2)c(-c2ccccc2)n2ccccc12. The Balaban J connectivity index is 2.17. The van der Waals surface area contributed by atoms with Gasteiger partial charge in [0.15, 0.2) is 5.78 Å². The number of phenols is 1. The molecule has 0 atom stereocenters. The minimum Gasteiger partial charge on any atom is -0.508 e. The zero-order chi connectivity index (χ0) is 17.4. The molecule has 4 rings (SSSR count). The largest absolute Gasteiger partial charge is 0.508 e. The van der Waals surface area contributed by atoms with E-state index in [2.05, 4.69) is 4.40 Å². The maximum Gasteiger partial charge on any atom is 0.162 e. The van der Waals surface area contributed by atoms with Crippen molar-refractivity contribution in [2.75, 3.05) is 0 Å². The van der Waals surface area contributed by atoms with E-state index in [0.717, 1.165) is 27.9 Å². The first-order valence-electron chi connectivity index (χ1n) is 8.15. The number of rotatable bonds is 3. The monoisotopic (exact) mass is 327 g/mol. The first-order chi connectivity index (χ1) is 12.2. The zero-order valence-corrected chi connectivity index (χ0v) is 13.8. The number of fused-ring (bicyclic) bond motifs is 1. The molecule has 2 heterocycles.